The van der Waals surface area contributed by atoms with Gasteiger partial charge in [-0.2, -0.15) is 5.01 Å². The number of halogens is 1. The maximum absolute atomic E-state index is 12.1. The second-order valence-electron chi connectivity index (χ2n) is 5.60. The van der Waals surface area contributed by atoms with E-state index in [4.69, 9.17) is 4.74 Å². The number of carbonyl (C=O) groups is 1. The van der Waals surface area contributed by atoms with Crippen molar-refractivity contribution in [3.8, 4) is 0 Å². The molecule has 1 aliphatic heterocycles. The van der Waals surface area contributed by atoms with Gasteiger partial charge < -0.3 is 4.74 Å². The Balaban J connectivity index is 2.08. The molecule has 3 rings (SSSR count). The maximum atomic E-state index is 12.1. The van der Waals surface area contributed by atoms with E-state index in [0.29, 0.717) is 5.56 Å². The van der Waals surface area contributed by atoms with Crippen molar-refractivity contribution in [1.82, 2.24) is 5.01 Å². The van der Waals surface area contributed by atoms with Crippen LogP contribution in [0.4, 0.5) is 5.69 Å². The summed E-state index contributed by atoms with van der Waals surface area (Å²) in [5.74, 6) is -0.299. The predicted octanol–water partition coefficient (Wildman–Crippen LogP) is 3.77. The Bertz CT molecular complexity index is 882. The molecule has 128 valence electrons. The summed E-state index contributed by atoms with van der Waals surface area (Å²) in [4.78, 5) is 22.9. The van der Waals surface area contributed by atoms with Crippen LogP contribution in [-0.2, 0) is 15.3 Å². The van der Waals surface area contributed by atoms with E-state index in [-0.39, 0.29) is 23.1 Å². The number of ether oxygens (including phenoxy) is 1. The molecule has 2 aromatic rings. The average Bonchev–Trinajstić information content (AvgIpc) is 2.94. The largest absolute Gasteiger partial charge is 0.443 e. The number of hydrogen-bond acceptors (Lipinski definition) is 5. The molecule has 7 nitrogen and oxygen atoms in total. The number of rotatable bonds is 3. The van der Waals surface area contributed by atoms with Crippen LogP contribution in [0, 0.1) is 10.1 Å². The first kappa shape index (κ1) is 17.1. The monoisotopic (exact) mass is 403 g/mol. The molecule has 1 heterocycles. The van der Waals surface area contributed by atoms with Gasteiger partial charge in [-0.05, 0) is 18.2 Å². The Hall–Kier alpha value is -2.74. The number of carbonyl (C=O) groups excluding carboxylic acids is 1. The Morgan fingerprint density at radius 3 is 2.48 bits per heavy atom. The van der Waals surface area contributed by atoms with E-state index >= 15 is 0 Å². The summed E-state index contributed by atoms with van der Waals surface area (Å²) < 4.78 is 6.84. The zero-order valence-electron chi connectivity index (χ0n) is 13.5. The Morgan fingerprint density at radius 2 is 1.88 bits per heavy atom. The van der Waals surface area contributed by atoms with Crippen molar-refractivity contribution in [3.05, 3.63) is 74.2 Å². The molecule has 0 fully saturated rings. The summed E-state index contributed by atoms with van der Waals surface area (Å²) in [6.07, 6.45) is 0. The lowest BCUT2D eigenvalue weighted by Crippen LogP contribution is -2.41. The number of nitrogens with zero attached hydrogens (tertiary/aromatic N) is 3. The van der Waals surface area contributed by atoms with E-state index in [1.54, 1.807) is 37.3 Å². The highest BCUT2D eigenvalue weighted by atomic mass is 79.9. The number of amides is 1. The fourth-order valence-electron chi connectivity index (χ4n) is 2.67. The van der Waals surface area contributed by atoms with Crippen LogP contribution in [0.25, 0.3) is 0 Å². The minimum Gasteiger partial charge on any atom is -0.443 e. The first-order valence-electron chi connectivity index (χ1n) is 7.41. The third kappa shape index (κ3) is 3.00. The van der Waals surface area contributed by atoms with Crippen molar-refractivity contribution in [1.29, 1.82) is 0 Å². The molecule has 1 atom stereocenters. The lowest BCUT2D eigenvalue weighted by Gasteiger charge is -2.31. The SMILES string of the molecule is CC(=O)N1N=C(c2ccccc2[N+](=O)[O-])OC1(C)c1ccc(Br)cc1. The van der Waals surface area contributed by atoms with Crippen LogP contribution in [0.1, 0.15) is 25.0 Å². The standard InChI is InChI=1S/C17H14BrN3O4/c1-11(22)20-17(2,12-7-9-13(18)10-8-12)25-16(19-20)14-5-3-4-6-15(14)21(23)24/h3-10H,1-2H3. The fourth-order valence-corrected chi connectivity index (χ4v) is 2.94. The van der Waals surface area contributed by atoms with Crippen molar-refractivity contribution in [2.24, 2.45) is 5.10 Å². The molecule has 25 heavy (non-hydrogen) atoms. The Labute approximate surface area is 152 Å². The zero-order valence-corrected chi connectivity index (χ0v) is 15.1. The number of nitro benzene ring substituents is 1. The van der Waals surface area contributed by atoms with Crippen molar-refractivity contribution in [2.75, 3.05) is 0 Å². The topological polar surface area (TPSA) is 85.0 Å². The van der Waals surface area contributed by atoms with E-state index in [0.717, 1.165) is 4.47 Å². The highest BCUT2D eigenvalue weighted by Crippen LogP contribution is 2.38. The quantitative estimate of drug-likeness (QED) is 0.576. The van der Waals surface area contributed by atoms with Gasteiger partial charge >= 0.3 is 0 Å². The fraction of sp³-hybridized carbons (Fsp3) is 0.176. The minimum absolute atomic E-state index is 0.0351. The smallest absolute Gasteiger partial charge is 0.282 e. The third-order valence-electron chi connectivity index (χ3n) is 3.90. The zero-order chi connectivity index (χ0) is 18.2. The predicted molar refractivity (Wildman–Crippen MR) is 94.7 cm³/mol. The van der Waals surface area contributed by atoms with Gasteiger partial charge in [-0.1, -0.05) is 40.2 Å². The minimum atomic E-state index is -1.19. The maximum Gasteiger partial charge on any atom is 0.282 e. The van der Waals surface area contributed by atoms with Crippen molar-refractivity contribution < 1.29 is 14.5 Å². The van der Waals surface area contributed by atoms with Crippen molar-refractivity contribution in [3.63, 3.8) is 0 Å². The third-order valence-corrected chi connectivity index (χ3v) is 4.43. The lowest BCUT2D eigenvalue weighted by molar-refractivity contribution is -0.385. The van der Waals surface area contributed by atoms with Crippen molar-refractivity contribution >= 4 is 33.4 Å². The molecule has 0 bridgehead atoms. The summed E-state index contributed by atoms with van der Waals surface area (Å²) in [6.45, 7) is 3.06. The number of para-hydroxylation sites is 1. The highest BCUT2D eigenvalue weighted by Gasteiger charge is 2.45. The molecule has 1 aliphatic rings. The van der Waals surface area contributed by atoms with Gasteiger partial charge in [0.25, 0.3) is 5.69 Å². The van der Waals surface area contributed by atoms with E-state index < -0.39 is 10.6 Å². The molecule has 0 radical (unpaired) electrons. The molecular weight excluding hydrogens is 390 g/mol. The average molecular weight is 404 g/mol. The first-order valence-corrected chi connectivity index (χ1v) is 8.20. The van der Waals surface area contributed by atoms with Gasteiger partial charge in [0.05, 0.1) is 4.92 Å². The normalized spacial score (nSPS) is 19.3. The molecule has 2 aromatic carbocycles. The number of benzene rings is 2. The summed E-state index contributed by atoms with van der Waals surface area (Å²) in [5, 5.41) is 16.7. The van der Waals surface area contributed by atoms with Gasteiger partial charge in [0.2, 0.25) is 17.5 Å². The molecule has 1 amide bonds. The molecule has 0 spiro atoms. The number of hydrazone groups is 1. The Morgan fingerprint density at radius 1 is 1.24 bits per heavy atom. The van der Waals surface area contributed by atoms with Crippen LogP contribution in [0.5, 0.6) is 0 Å². The highest BCUT2D eigenvalue weighted by molar-refractivity contribution is 9.10. The van der Waals surface area contributed by atoms with Crippen molar-refractivity contribution in [2.45, 2.75) is 19.6 Å². The van der Waals surface area contributed by atoms with Crippen LogP contribution in [0.15, 0.2) is 58.1 Å². The Kier molecular flexibility index (Phi) is 4.30. The van der Waals surface area contributed by atoms with Crippen LogP contribution in [0.2, 0.25) is 0 Å². The molecule has 0 aliphatic carbocycles. The van der Waals surface area contributed by atoms with Gasteiger partial charge in [-0.15, -0.1) is 5.10 Å². The summed E-state index contributed by atoms with van der Waals surface area (Å²) in [5.41, 5.74) is -0.404. The second-order valence-corrected chi connectivity index (χ2v) is 6.52. The molecule has 0 N–H and O–H groups in total. The second kappa shape index (κ2) is 6.29. The van der Waals surface area contributed by atoms with Crippen LogP contribution in [-0.4, -0.2) is 21.7 Å². The van der Waals surface area contributed by atoms with Gasteiger partial charge in [0.15, 0.2) is 0 Å². The molecule has 1 unspecified atom stereocenters. The summed E-state index contributed by atoms with van der Waals surface area (Å²) >= 11 is 3.36. The van der Waals surface area contributed by atoms with E-state index in [2.05, 4.69) is 21.0 Å². The van der Waals surface area contributed by atoms with E-state index in [1.807, 2.05) is 12.1 Å². The molecule has 0 aromatic heterocycles. The van der Waals surface area contributed by atoms with Crippen LogP contribution < -0.4 is 0 Å². The van der Waals surface area contributed by atoms with E-state index in [9.17, 15) is 14.9 Å². The van der Waals surface area contributed by atoms with Crippen LogP contribution in [0.3, 0.4) is 0 Å². The van der Waals surface area contributed by atoms with Gasteiger partial charge in [0, 0.05) is 30.0 Å². The van der Waals surface area contributed by atoms with E-state index in [1.165, 1.54) is 18.0 Å². The van der Waals surface area contributed by atoms with Gasteiger partial charge in [-0.25, -0.2) is 0 Å². The van der Waals surface area contributed by atoms with Gasteiger partial charge in [-0.3, -0.25) is 14.9 Å². The summed E-state index contributed by atoms with van der Waals surface area (Å²) in [7, 11) is 0. The number of nitro groups is 1. The molecule has 0 saturated heterocycles. The molecule has 8 heteroatoms. The van der Waals surface area contributed by atoms with Gasteiger partial charge in [0.1, 0.15) is 5.56 Å². The lowest BCUT2D eigenvalue weighted by atomic mass is 10.0. The first-order chi connectivity index (χ1) is 11.8. The van der Waals surface area contributed by atoms with Crippen LogP contribution >= 0.6 is 15.9 Å². The number of hydrogen-bond donors (Lipinski definition) is 0. The summed E-state index contributed by atoms with van der Waals surface area (Å²) in [6, 6.07) is 13.4. The molecular formula is C17H14BrN3O4. The molecule has 0 saturated carbocycles.